The zero-order valence-electron chi connectivity index (χ0n) is 15.5. The number of hydrogen-bond donors (Lipinski definition) is 1. The Hall–Kier alpha value is -2.74. The van der Waals surface area contributed by atoms with Crippen molar-refractivity contribution in [3.63, 3.8) is 0 Å². The van der Waals surface area contributed by atoms with Crippen molar-refractivity contribution >= 4 is 16.9 Å². The summed E-state index contributed by atoms with van der Waals surface area (Å²) < 4.78 is 3.78. The topological polar surface area (TPSA) is 90.8 Å². The molecule has 142 valence electrons. The minimum absolute atomic E-state index is 0.0000494. The first kappa shape index (κ1) is 17.7. The summed E-state index contributed by atoms with van der Waals surface area (Å²) in [5, 5.41) is 14.9. The Morgan fingerprint density at radius 2 is 2.11 bits per heavy atom. The summed E-state index contributed by atoms with van der Waals surface area (Å²) in [7, 11) is 0. The molecule has 27 heavy (non-hydrogen) atoms. The first-order valence-corrected chi connectivity index (χ1v) is 9.58. The molecule has 0 spiro atoms. The Balaban J connectivity index is 1.75. The molecule has 2 aromatic heterocycles. The van der Waals surface area contributed by atoms with Crippen LogP contribution in [0.15, 0.2) is 30.5 Å². The van der Waals surface area contributed by atoms with Gasteiger partial charge in [0.05, 0.1) is 17.6 Å². The van der Waals surface area contributed by atoms with Gasteiger partial charge in [0.15, 0.2) is 0 Å². The summed E-state index contributed by atoms with van der Waals surface area (Å²) in [5.74, 6) is 1.25. The zero-order valence-corrected chi connectivity index (χ0v) is 15.5. The number of fused-ring (bicyclic) bond motifs is 1. The van der Waals surface area contributed by atoms with Crippen LogP contribution in [0.1, 0.15) is 32.6 Å². The third kappa shape index (κ3) is 3.32. The lowest BCUT2D eigenvalue weighted by Crippen LogP contribution is -2.34. The van der Waals surface area contributed by atoms with Gasteiger partial charge < -0.3 is 20.0 Å². The molecule has 0 radical (unpaired) electrons. The minimum Gasteiger partial charge on any atom is -0.358 e. The van der Waals surface area contributed by atoms with Crippen LogP contribution in [0.3, 0.4) is 0 Å². The lowest BCUT2D eigenvalue weighted by Gasteiger charge is -2.23. The van der Waals surface area contributed by atoms with Crippen LogP contribution in [0, 0.1) is 10.1 Å². The fourth-order valence-corrected chi connectivity index (χ4v) is 3.93. The largest absolute Gasteiger partial charge is 0.358 e. The molecule has 1 atom stereocenters. The van der Waals surface area contributed by atoms with Crippen molar-refractivity contribution in [2.75, 3.05) is 6.54 Å². The highest BCUT2D eigenvalue weighted by atomic mass is 16.6. The molecular formula is C19H24N6O2. The molecule has 1 saturated heterocycles. The molecule has 0 amide bonds. The van der Waals surface area contributed by atoms with Gasteiger partial charge in [-0.3, -0.25) is 0 Å². The number of imidazole rings is 2. The van der Waals surface area contributed by atoms with Crippen LogP contribution in [-0.2, 0) is 13.1 Å². The van der Waals surface area contributed by atoms with E-state index in [0.717, 1.165) is 30.5 Å². The fraction of sp³-hybridized carbons (Fsp3) is 0.474. The molecule has 1 aliphatic heterocycles. The summed E-state index contributed by atoms with van der Waals surface area (Å²) in [4.78, 5) is 20.0. The Morgan fingerprint density at radius 3 is 2.85 bits per heavy atom. The molecule has 8 heteroatoms. The van der Waals surface area contributed by atoms with E-state index in [4.69, 9.17) is 4.98 Å². The molecule has 1 aromatic carbocycles. The van der Waals surface area contributed by atoms with E-state index in [9.17, 15) is 10.1 Å². The molecule has 1 unspecified atom stereocenters. The van der Waals surface area contributed by atoms with Crippen LogP contribution in [0.5, 0.6) is 0 Å². The number of aromatic nitrogens is 4. The number of para-hydroxylation sites is 2. The Bertz CT molecular complexity index is 954. The summed E-state index contributed by atoms with van der Waals surface area (Å²) in [6.07, 6.45) is 6.03. The van der Waals surface area contributed by atoms with Crippen LogP contribution in [-0.4, -0.2) is 36.6 Å². The number of piperidine rings is 1. The molecule has 0 bridgehead atoms. The van der Waals surface area contributed by atoms with E-state index in [-0.39, 0.29) is 10.7 Å². The van der Waals surface area contributed by atoms with Crippen LogP contribution in [0.4, 0.5) is 5.82 Å². The third-order valence-corrected chi connectivity index (χ3v) is 5.31. The number of nitrogens with zero attached hydrogens (tertiary/aromatic N) is 5. The van der Waals surface area contributed by atoms with E-state index >= 15 is 0 Å². The van der Waals surface area contributed by atoms with E-state index in [0.29, 0.717) is 24.2 Å². The summed E-state index contributed by atoms with van der Waals surface area (Å²) in [6, 6.07) is 8.49. The smallest absolute Gasteiger partial charge is 0.343 e. The Labute approximate surface area is 157 Å². The molecular weight excluding hydrogens is 344 g/mol. The molecule has 3 aromatic rings. The van der Waals surface area contributed by atoms with E-state index in [1.54, 1.807) is 4.57 Å². The van der Waals surface area contributed by atoms with Gasteiger partial charge in [0.2, 0.25) is 5.82 Å². The van der Waals surface area contributed by atoms with Gasteiger partial charge in [-0.1, -0.05) is 18.6 Å². The maximum absolute atomic E-state index is 11.3. The fourth-order valence-electron chi connectivity index (χ4n) is 3.93. The lowest BCUT2D eigenvalue weighted by atomic mass is 10.0. The maximum Gasteiger partial charge on any atom is 0.343 e. The number of benzene rings is 1. The monoisotopic (exact) mass is 368 g/mol. The number of nitro groups is 1. The summed E-state index contributed by atoms with van der Waals surface area (Å²) in [6.45, 7) is 4.24. The molecule has 1 aliphatic rings. The van der Waals surface area contributed by atoms with E-state index < -0.39 is 0 Å². The van der Waals surface area contributed by atoms with E-state index in [2.05, 4.69) is 14.9 Å². The van der Waals surface area contributed by atoms with Crippen molar-refractivity contribution in [1.82, 2.24) is 24.4 Å². The van der Waals surface area contributed by atoms with Crippen molar-refractivity contribution in [2.24, 2.45) is 0 Å². The van der Waals surface area contributed by atoms with Gasteiger partial charge in [0, 0.05) is 12.6 Å². The Kier molecular flexibility index (Phi) is 4.89. The average molecular weight is 368 g/mol. The second-order valence-electron chi connectivity index (χ2n) is 6.95. The standard InChI is InChI=1S/C19H24N6O2/c1-2-23-17(25(26)27)13-21-18(23)19-22-15-8-3-4-9-16(15)24(19)12-10-14-7-5-6-11-20-14/h3-4,8-9,13-14,20H,2,5-7,10-12H2,1H3. The molecule has 3 heterocycles. The van der Waals surface area contributed by atoms with Crippen molar-refractivity contribution in [2.45, 2.75) is 51.7 Å². The molecule has 0 saturated carbocycles. The van der Waals surface area contributed by atoms with Crippen molar-refractivity contribution < 1.29 is 4.92 Å². The van der Waals surface area contributed by atoms with Crippen LogP contribution < -0.4 is 5.32 Å². The minimum atomic E-state index is -0.390. The van der Waals surface area contributed by atoms with Crippen LogP contribution in [0.2, 0.25) is 0 Å². The maximum atomic E-state index is 11.3. The van der Waals surface area contributed by atoms with Gasteiger partial charge >= 0.3 is 5.82 Å². The summed E-state index contributed by atoms with van der Waals surface area (Å²) >= 11 is 0. The lowest BCUT2D eigenvalue weighted by molar-refractivity contribution is -0.392. The van der Waals surface area contributed by atoms with Gasteiger partial charge in [-0.2, -0.15) is 0 Å². The van der Waals surface area contributed by atoms with E-state index in [1.807, 2.05) is 31.2 Å². The Morgan fingerprint density at radius 1 is 1.26 bits per heavy atom. The second-order valence-corrected chi connectivity index (χ2v) is 6.95. The molecule has 0 aliphatic carbocycles. The van der Waals surface area contributed by atoms with Gasteiger partial charge in [-0.15, -0.1) is 0 Å². The average Bonchev–Trinajstić information content (AvgIpc) is 3.28. The van der Waals surface area contributed by atoms with Gasteiger partial charge in [0.1, 0.15) is 6.20 Å². The number of hydrogen-bond acceptors (Lipinski definition) is 5. The summed E-state index contributed by atoms with van der Waals surface area (Å²) in [5.41, 5.74) is 1.93. The van der Waals surface area contributed by atoms with Crippen molar-refractivity contribution in [3.8, 4) is 11.6 Å². The SMILES string of the molecule is CCn1c([N+](=O)[O-])cnc1-c1nc2ccccc2n1CCC1CCCCN1. The first-order valence-electron chi connectivity index (χ1n) is 9.58. The third-order valence-electron chi connectivity index (χ3n) is 5.31. The highest BCUT2D eigenvalue weighted by Gasteiger charge is 2.25. The highest BCUT2D eigenvalue weighted by molar-refractivity contribution is 5.79. The van der Waals surface area contributed by atoms with Crippen molar-refractivity contribution in [1.29, 1.82) is 0 Å². The number of aryl methyl sites for hydroxylation is 1. The predicted octanol–water partition coefficient (Wildman–Crippen LogP) is 3.36. The zero-order chi connectivity index (χ0) is 18.8. The van der Waals surface area contributed by atoms with Crippen molar-refractivity contribution in [3.05, 3.63) is 40.6 Å². The molecule has 1 N–H and O–H groups in total. The molecule has 8 nitrogen and oxygen atoms in total. The van der Waals surface area contributed by atoms with Gasteiger partial charge in [-0.05, 0) is 49.8 Å². The van der Waals surface area contributed by atoms with E-state index in [1.165, 1.54) is 25.5 Å². The highest BCUT2D eigenvalue weighted by Crippen LogP contribution is 2.28. The second kappa shape index (κ2) is 7.48. The van der Waals surface area contributed by atoms with Gasteiger partial charge in [0.25, 0.3) is 5.82 Å². The number of nitrogens with one attached hydrogen (secondary N) is 1. The normalized spacial score (nSPS) is 17.4. The molecule has 1 fully saturated rings. The van der Waals surface area contributed by atoms with Crippen LogP contribution in [0.25, 0.3) is 22.7 Å². The first-order chi connectivity index (χ1) is 13.2. The van der Waals surface area contributed by atoms with Crippen LogP contribution >= 0.6 is 0 Å². The number of rotatable bonds is 6. The quantitative estimate of drug-likeness (QED) is 0.532. The molecule has 4 rings (SSSR count). The predicted molar refractivity (Wildman–Crippen MR) is 104 cm³/mol. The van der Waals surface area contributed by atoms with Gasteiger partial charge in [-0.25, -0.2) is 14.5 Å².